The van der Waals surface area contributed by atoms with Gasteiger partial charge in [0, 0.05) is 25.2 Å². The van der Waals surface area contributed by atoms with E-state index < -0.39 is 28.5 Å². The molecule has 3 aromatic carbocycles. The summed E-state index contributed by atoms with van der Waals surface area (Å²) in [6.45, 7) is 3.88. The van der Waals surface area contributed by atoms with Crippen LogP contribution in [0.2, 0.25) is 5.02 Å². The number of rotatable bonds is 11. The summed E-state index contributed by atoms with van der Waals surface area (Å²) in [7, 11) is -2.57. The minimum absolute atomic E-state index is 0.100. The third-order valence-electron chi connectivity index (χ3n) is 6.03. The monoisotopic (exact) mass is 529 g/mol. The van der Waals surface area contributed by atoms with E-state index in [0.717, 1.165) is 33.5 Å². The molecule has 9 heteroatoms. The Morgan fingerprint density at radius 1 is 1.00 bits per heavy atom. The lowest BCUT2D eigenvalue weighted by molar-refractivity contribution is -0.140. The molecule has 0 bridgehead atoms. The van der Waals surface area contributed by atoms with Gasteiger partial charge in [0.1, 0.15) is 6.04 Å². The van der Waals surface area contributed by atoms with Crippen LogP contribution >= 0.6 is 11.6 Å². The highest BCUT2D eigenvalue weighted by Crippen LogP contribution is 2.22. The smallest absolute Gasteiger partial charge is 0.243 e. The van der Waals surface area contributed by atoms with Crippen LogP contribution in [0.1, 0.15) is 32.3 Å². The number of amides is 2. The average molecular weight is 530 g/mol. The lowest BCUT2D eigenvalue weighted by atomic mass is 10.1. The molecule has 0 fully saturated rings. The topological polar surface area (TPSA) is 86.8 Å². The second kappa shape index (κ2) is 12.3. The van der Waals surface area contributed by atoms with E-state index >= 15 is 0 Å². The number of sulfonamides is 1. The summed E-state index contributed by atoms with van der Waals surface area (Å²) in [5.74, 6) is -0.779. The zero-order valence-electron chi connectivity index (χ0n) is 20.8. The molecule has 192 valence electrons. The molecule has 1 N–H and O–H groups in total. The number of carbonyl (C=O) groups is 2. The van der Waals surface area contributed by atoms with Crippen molar-refractivity contribution in [3.05, 3.63) is 77.3 Å². The minimum Gasteiger partial charge on any atom is -0.354 e. The fourth-order valence-electron chi connectivity index (χ4n) is 3.82. The van der Waals surface area contributed by atoms with Crippen molar-refractivity contribution in [3.63, 3.8) is 0 Å². The van der Waals surface area contributed by atoms with Crippen LogP contribution in [0.4, 0.5) is 0 Å². The molecule has 3 aromatic rings. The van der Waals surface area contributed by atoms with Gasteiger partial charge in [-0.25, -0.2) is 8.42 Å². The predicted octanol–water partition coefficient (Wildman–Crippen LogP) is 4.45. The summed E-state index contributed by atoms with van der Waals surface area (Å²) >= 11 is 6.12. The van der Waals surface area contributed by atoms with Gasteiger partial charge < -0.3 is 10.2 Å². The third-order valence-corrected chi connectivity index (χ3v) is 8.06. The van der Waals surface area contributed by atoms with Crippen molar-refractivity contribution in [3.8, 4) is 0 Å². The number of fused-ring (bicyclic) bond motifs is 1. The molecule has 3 rings (SSSR count). The van der Waals surface area contributed by atoms with E-state index in [1.54, 1.807) is 37.3 Å². The molecular weight excluding hydrogens is 498 g/mol. The molecule has 0 radical (unpaired) electrons. The van der Waals surface area contributed by atoms with Crippen LogP contribution in [-0.4, -0.2) is 55.6 Å². The van der Waals surface area contributed by atoms with Crippen molar-refractivity contribution < 1.29 is 18.0 Å². The van der Waals surface area contributed by atoms with E-state index in [4.69, 9.17) is 11.6 Å². The van der Waals surface area contributed by atoms with E-state index in [2.05, 4.69) is 5.32 Å². The van der Waals surface area contributed by atoms with Gasteiger partial charge in [-0.2, -0.15) is 4.31 Å². The summed E-state index contributed by atoms with van der Waals surface area (Å²) in [5, 5.41) is 5.07. The molecule has 0 spiro atoms. The molecule has 7 nitrogen and oxygen atoms in total. The van der Waals surface area contributed by atoms with Crippen LogP contribution in [-0.2, 0) is 26.2 Å². The highest BCUT2D eigenvalue weighted by molar-refractivity contribution is 7.89. The summed E-state index contributed by atoms with van der Waals surface area (Å²) in [6.07, 6.45) is 1.75. The Balaban J connectivity index is 1.82. The Morgan fingerprint density at radius 2 is 1.72 bits per heavy atom. The average Bonchev–Trinajstić information content (AvgIpc) is 2.86. The van der Waals surface area contributed by atoms with Gasteiger partial charge in [0.05, 0.1) is 11.4 Å². The maximum absolute atomic E-state index is 13.4. The highest BCUT2D eigenvalue weighted by atomic mass is 35.5. The van der Waals surface area contributed by atoms with E-state index in [0.29, 0.717) is 11.6 Å². The molecule has 1 unspecified atom stereocenters. The van der Waals surface area contributed by atoms with Crippen LogP contribution < -0.4 is 5.32 Å². The van der Waals surface area contributed by atoms with Gasteiger partial charge in [0.25, 0.3) is 0 Å². The number of benzene rings is 3. The van der Waals surface area contributed by atoms with Crippen LogP contribution in [0.15, 0.2) is 71.6 Å². The third kappa shape index (κ3) is 6.84. The van der Waals surface area contributed by atoms with Gasteiger partial charge in [-0.05, 0) is 53.9 Å². The zero-order chi connectivity index (χ0) is 26.3. The number of nitrogens with one attached hydrogen (secondary N) is 1. The summed E-state index contributed by atoms with van der Waals surface area (Å²) in [6, 6.07) is 18.6. The van der Waals surface area contributed by atoms with Crippen molar-refractivity contribution in [2.24, 2.45) is 0 Å². The quantitative estimate of drug-likeness (QED) is 0.372. The molecule has 36 heavy (non-hydrogen) atoms. The largest absolute Gasteiger partial charge is 0.354 e. The number of likely N-dealkylation sites (N-methyl/N-ethyl adjacent to an activating group) is 1. The molecule has 0 aliphatic heterocycles. The second-order valence-corrected chi connectivity index (χ2v) is 11.2. The number of unbranched alkanes of at least 4 members (excludes halogenated alkanes) is 1. The van der Waals surface area contributed by atoms with E-state index in [9.17, 15) is 18.0 Å². The molecular formula is C27H32ClN3O4S. The zero-order valence-corrected chi connectivity index (χ0v) is 22.3. The minimum atomic E-state index is -3.94. The lowest BCUT2D eigenvalue weighted by Crippen LogP contribution is -2.50. The maximum Gasteiger partial charge on any atom is 0.243 e. The first-order chi connectivity index (χ1) is 17.1. The van der Waals surface area contributed by atoms with Crippen LogP contribution in [0.25, 0.3) is 10.8 Å². The maximum atomic E-state index is 13.4. The van der Waals surface area contributed by atoms with Crippen molar-refractivity contribution in [1.82, 2.24) is 14.5 Å². The normalized spacial score (nSPS) is 12.5. The molecule has 2 amide bonds. The molecule has 0 aliphatic rings. The number of hydrogen-bond donors (Lipinski definition) is 1. The Labute approximate surface area is 218 Å². The van der Waals surface area contributed by atoms with E-state index in [-0.39, 0.29) is 17.3 Å². The number of nitrogens with zero attached hydrogens (tertiary/aromatic N) is 2. The Bertz CT molecular complexity index is 1330. The molecule has 0 saturated carbocycles. The SMILES string of the molecule is CCCCNC(=O)C(C)N(Cc1cccc(Cl)c1)C(=O)CN(C)S(=O)(=O)c1ccc2ccccc2c1. The predicted molar refractivity (Wildman–Crippen MR) is 143 cm³/mol. The number of carbonyl (C=O) groups excluding carboxylic acids is 2. The second-order valence-electron chi connectivity index (χ2n) is 8.74. The van der Waals surface area contributed by atoms with Crippen molar-refractivity contribution in [1.29, 1.82) is 0 Å². The first-order valence-corrected chi connectivity index (χ1v) is 13.7. The number of hydrogen-bond acceptors (Lipinski definition) is 4. The van der Waals surface area contributed by atoms with Crippen LogP contribution in [0.5, 0.6) is 0 Å². The first kappa shape index (κ1) is 27.6. The fraction of sp³-hybridized carbons (Fsp3) is 0.333. The molecule has 0 saturated heterocycles. The Hall–Kier alpha value is -2.94. The lowest BCUT2D eigenvalue weighted by Gasteiger charge is -2.30. The van der Waals surface area contributed by atoms with Gasteiger partial charge in [0.2, 0.25) is 21.8 Å². The molecule has 0 aliphatic carbocycles. The Kier molecular flexibility index (Phi) is 9.48. The van der Waals surface area contributed by atoms with Gasteiger partial charge >= 0.3 is 0 Å². The standard InChI is InChI=1S/C27H32ClN3O4S/c1-4-5-15-29-27(33)20(2)31(18-21-9-8-12-24(28)16-21)26(32)19-30(3)36(34,35)25-14-13-22-10-6-7-11-23(22)17-25/h6-14,16-17,20H,4-5,15,18-19H2,1-3H3,(H,29,33). The highest BCUT2D eigenvalue weighted by Gasteiger charge is 2.30. The molecule has 0 heterocycles. The van der Waals surface area contributed by atoms with Crippen LogP contribution in [0.3, 0.4) is 0 Å². The Morgan fingerprint density at radius 3 is 2.42 bits per heavy atom. The van der Waals surface area contributed by atoms with Gasteiger partial charge in [0.15, 0.2) is 0 Å². The van der Waals surface area contributed by atoms with Crippen molar-refractivity contribution in [2.75, 3.05) is 20.1 Å². The molecule has 0 aromatic heterocycles. The van der Waals surface area contributed by atoms with E-state index in [1.807, 2.05) is 37.3 Å². The van der Waals surface area contributed by atoms with Crippen molar-refractivity contribution in [2.45, 2.75) is 44.2 Å². The summed E-state index contributed by atoms with van der Waals surface area (Å²) in [4.78, 5) is 27.7. The first-order valence-electron chi connectivity index (χ1n) is 11.9. The van der Waals surface area contributed by atoms with Gasteiger partial charge in [-0.1, -0.05) is 67.4 Å². The summed E-state index contributed by atoms with van der Waals surface area (Å²) < 4.78 is 27.6. The van der Waals surface area contributed by atoms with E-state index in [1.165, 1.54) is 18.0 Å². The number of halogens is 1. The molecule has 1 atom stereocenters. The van der Waals surface area contributed by atoms with Crippen LogP contribution in [0, 0.1) is 0 Å². The fourth-order valence-corrected chi connectivity index (χ4v) is 5.19. The van der Waals surface area contributed by atoms with Gasteiger partial charge in [-0.3, -0.25) is 9.59 Å². The summed E-state index contributed by atoms with van der Waals surface area (Å²) in [5.41, 5.74) is 0.740. The van der Waals surface area contributed by atoms with Gasteiger partial charge in [-0.15, -0.1) is 0 Å². The van der Waals surface area contributed by atoms with Crippen molar-refractivity contribution >= 4 is 44.2 Å².